The minimum Gasteiger partial charge on any atom is -0.392 e. The summed E-state index contributed by atoms with van der Waals surface area (Å²) in [7, 11) is 0. The molecule has 1 unspecified atom stereocenters. The maximum Gasteiger partial charge on any atom is 0.0746 e. The zero-order chi connectivity index (χ0) is 15.1. The Hall–Kier alpha value is -1.49. The van der Waals surface area contributed by atoms with Crippen molar-refractivity contribution in [1.82, 2.24) is 14.8 Å². The molecule has 0 amide bonds. The van der Waals surface area contributed by atoms with E-state index in [0.29, 0.717) is 12.1 Å². The Bertz CT molecular complexity index is 669. The van der Waals surface area contributed by atoms with E-state index < -0.39 is 0 Å². The molecule has 0 radical (unpaired) electrons. The summed E-state index contributed by atoms with van der Waals surface area (Å²) in [6.45, 7) is 6.18. The molecule has 2 aliphatic heterocycles. The number of rotatable bonds is 2. The van der Waals surface area contributed by atoms with Crippen LogP contribution in [0.3, 0.4) is 0 Å². The van der Waals surface area contributed by atoms with Gasteiger partial charge in [-0.3, -0.25) is 14.8 Å². The Morgan fingerprint density at radius 2 is 2.05 bits per heavy atom. The molecule has 1 aromatic carbocycles. The number of fused-ring (bicyclic) bond motifs is 2. The number of nitrogens with zero attached hydrogens (tertiary/aromatic N) is 3. The van der Waals surface area contributed by atoms with Crippen LogP contribution in [0.5, 0.6) is 0 Å². The lowest BCUT2D eigenvalue weighted by Gasteiger charge is -2.42. The highest BCUT2D eigenvalue weighted by Gasteiger charge is 2.38. The molecule has 1 N–H and O–H groups in total. The molecule has 2 aliphatic rings. The van der Waals surface area contributed by atoms with Gasteiger partial charge in [0.2, 0.25) is 0 Å². The standard InChI is InChI=1S/C18H23N3O/c1-13-9-21-12-17(22)8-16(21)11-20(13)10-15-5-2-4-14-6-3-7-19-18(14)15/h2-7,13,16-17,22H,8-12H2,1H3/t13-,16?,17+/m0/s1. The van der Waals surface area contributed by atoms with Crippen LogP contribution in [0.4, 0.5) is 0 Å². The van der Waals surface area contributed by atoms with E-state index in [0.717, 1.165) is 38.1 Å². The Labute approximate surface area is 131 Å². The molecule has 0 spiro atoms. The number of aromatic nitrogens is 1. The van der Waals surface area contributed by atoms with Crippen molar-refractivity contribution in [2.45, 2.75) is 38.1 Å². The summed E-state index contributed by atoms with van der Waals surface area (Å²) in [5.74, 6) is 0. The number of benzene rings is 1. The third kappa shape index (κ3) is 2.51. The molecular weight excluding hydrogens is 274 g/mol. The lowest BCUT2D eigenvalue weighted by molar-refractivity contribution is 0.0531. The van der Waals surface area contributed by atoms with Crippen molar-refractivity contribution < 1.29 is 5.11 Å². The van der Waals surface area contributed by atoms with Gasteiger partial charge >= 0.3 is 0 Å². The summed E-state index contributed by atoms with van der Waals surface area (Å²) < 4.78 is 0. The highest BCUT2D eigenvalue weighted by Crippen LogP contribution is 2.27. The zero-order valence-corrected chi connectivity index (χ0v) is 13.0. The van der Waals surface area contributed by atoms with E-state index in [1.54, 1.807) is 0 Å². The number of aliphatic hydroxyl groups excluding tert-OH is 1. The van der Waals surface area contributed by atoms with Crippen molar-refractivity contribution in [3.05, 3.63) is 42.1 Å². The number of hydrogen-bond acceptors (Lipinski definition) is 4. The minimum absolute atomic E-state index is 0.142. The maximum atomic E-state index is 9.89. The summed E-state index contributed by atoms with van der Waals surface area (Å²) in [6.07, 6.45) is 2.65. The van der Waals surface area contributed by atoms with Crippen LogP contribution < -0.4 is 0 Å². The highest BCUT2D eigenvalue weighted by atomic mass is 16.3. The van der Waals surface area contributed by atoms with Gasteiger partial charge in [-0.2, -0.15) is 0 Å². The van der Waals surface area contributed by atoms with E-state index >= 15 is 0 Å². The molecule has 0 saturated carbocycles. The second kappa shape index (κ2) is 5.61. The van der Waals surface area contributed by atoms with E-state index in [9.17, 15) is 5.11 Å². The maximum absolute atomic E-state index is 9.89. The third-order valence-electron chi connectivity index (χ3n) is 5.16. The van der Waals surface area contributed by atoms with Gasteiger partial charge in [-0.25, -0.2) is 0 Å². The zero-order valence-electron chi connectivity index (χ0n) is 13.0. The van der Waals surface area contributed by atoms with Gasteiger partial charge in [0.05, 0.1) is 11.6 Å². The van der Waals surface area contributed by atoms with Crippen molar-refractivity contribution in [3.8, 4) is 0 Å². The number of aliphatic hydroxyl groups is 1. The van der Waals surface area contributed by atoms with E-state index in [2.05, 4.69) is 46.0 Å². The number of piperazine rings is 1. The molecule has 2 fully saturated rings. The van der Waals surface area contributed by atoms with Crippen molar-refractivity contribution in [3.63, 3.8) is 0 Å². The summed E-state index contributed by atoms with van der Waals surface area (Å²) in [5, 5.41) is 11.1. The molecule has 3 atom stereocenters. The Morgan fingerprint density at radius 3 is 2.95 bits per heavy atom. The fourth-order valence-electron chi connectivity index (χ4n) is 4.01. The van der Waals surface area contributed by atoms with Gasteiger partial charge in [-0.05, 0) is 25.0 Å². The van der Waals surface area contributed by atoms with Gasteiger partial charge < -0.3 is 5.11 Å². The molecule has 0 bridgehead atoms. The van der Waals surface area contributed by atoms with Crippen molar-refractivity contribution >= 4 is 10.9 Å². The van der Waals surface area contributed by atoms with Crippen LogP contribution in [-0.4, -0.2) is 57.7 Å². The average molecular weight is 297 g/mol. The summed E-state index contributed by atoms with van der Waals surface area (Å²) in [5.41, 5.74) is 2.42. The van der Waals surface area contributed by atoms with Crippen LogP contribution in [0, 0.1) is 0 Å². The SMILES string of the molecule is C[C@H]1CN2C[C@H](O)CC2CN1Cc1cccc2cccnc12. The van der Waals surface area contributed by atoms with Crippen LogP contribution in [0.1, 0.15) is 18.9 Å². The van der Waals surface area contributed by atoms with E-state index in [1.807, 2.05) is 12.3 Å². The second-order valence-electron chi connectivity index (χ2n) is 6.77. The first-order valence-corrected chi connectivity index (χ1v) is 8.19. The monoisotopic (exact) mass is 297 g/mol. The number of pyridine rings is 1. The van der Waals surface area contributed by atoms with Crippen LogP contribution in [0.2, 0.25) is 0 Å². The van der Waals surface area contributed by atoms with Crippen LogP contribution >= 0.6 is 0 Å². The van der Waals surface area contributed by atoms with Crippen molar-refractivity contribution in [1.29, 1.82) is 0 Å². The molecule has 0 aliphatic carbocycles. The second-order valence-corrected chi connectivity index (χ2v) is 6.77. The largest absolute Gasteiger partial charge is 0.392 e. The van der Waals surface area contributed by atoms with Gasteiger partial charge in [0, 0.05) is 49.8 Å². The molecule has 4 heteroatoms. The summed E-state index contributed by atoms with van der Waals surface area (Å²) in [6, 6.07) is 11.6. The first kappa shape index (κ1) is 14.1. The summed E-state index contributed by atoms with van der Waals surface area (Å²) >= 11 is 0. The molecule has 22 heavy (non-hydrogen) atoms. The lowest BCUT2D eigenvalue weighted by atomic mass is 10.0. The molecule has 4 rings (SSSR count). The number of para-hydroxylation sites is 1. The Morgan fingerprint density at radius 1 is 1.18 bits per heavy atom. The first-order chi connectivity index (χ1) is 10.7. The third-order valence-corrected chi connectivity index (χ3v) is 5.16. The van der Waals surface area contributed by atoms with Crippen LogP contribution in [0.15, 0.2) is 36.5 Å². The fourth-order valence-corrected chi connectivity index (χ4v) is 4.01. The number of hydrogen-bond donors (Lipinski definition) is 1. The predicted octanol–water partition coefficient (Wildman–Crippen LogP) is 1.87. The molecule has 4 nitrogen and oxygen atoms in total. The van der Waals surface area contributed by atoms with E-state index in [1.165, 1.54) is 10.9 Å². The predicted molar refractivity (Wildman–Crippen MR) is 87.6 cm³/mol. The van der Waals surface area contributed by atoms with Crippen LogP contribution in [0.25, 0.3) is 10.9 Å². The molecular formula is C18H23N3O. The van der Waals surface area contributed by atoms with E-state index in [4.69, 9.17) is 0 Å². The Balaban J connectivity index is 1.57. The lowest BCUT2D eigenvalue weighted by Crippen LogP contribution is -2.54. The van der Waals surface area contributed by atoms with Gasteiger partial charge in [-0.15, -0.1) is 0 Å². The summed E-state index contributed by atoms with van der Waals surface area (Å²) in [4.78, 5) is 9.57. The molecule has 2 aromatic rings. The quantitative estimate of drug-likeness (QED) is 0.919. The minimum atomic E-state index is -0.142. The van der Waals surface area contributed by atoms with Crippen molar-refractivity contribution in [2.75, 3.05) is 19.6 Å². The molecule has 116 valence electrons. The van der Waals surface area contributed by atoms with Crippen LogP contribution in [-0.2, 0) is 6.54 Å². The Kier molecular flexibility index (Phi) is 3.60. The average Bonchev–Trinajstić information content (AvgIpc) is 2.87. The van der Waals surface area contributed by atoms with Gasteiger partial charge in [0.15, 0.2) is 0 Å². The topological polar surface area (TPSA) is 39.6 Å². The first-order valence-electron chi connectivity index (χ1n) is 8.19. The van der Waals surface area contributed by atoms with Crippen molar-refractivity contribution in [2.24, 2.45) is 0 Å². The van der Waals surface area contributed by atoms with Gasteiger partial charge in [-0.1, -0.05) is 24.3 Å². The highest BCUT2D eigenvalue weighted by molar-refractivity contribution is 5.81. The van der Waals surface area contributed by atoms with E-state index in [-0.39, 0.29) is 6.10 Å². The molecule has 3 heterocycles. The fraction of sp³-hybridized carbons (Fsp3) is 0.500. The normalized spacial score (nSPS) is 29.8. The molecule has 2 saturated heterocycles. The smallest absolute Gasteiger partial charge is 0.0746 e. The molecule has 1 aromatic heterocycles. The van der Waals surface area contributed by atoms with Gasteiger partial charge in [0.1, 0.15) is 0 Å². The van der Waals surface area contributed by atoms with Gasteiger partial charge in [0.25, 0.3) is 0 Å².